The van der Waals surface area contributed by atoms with Gasteiger partial charge in [-0.15, -0.1) is 4.83 Å². The van der Waals surface area contributed by atoms with Crippen molar-refractivity contribution in [3.8, 4) is 0 Å². The van der Waals surface area contributed by atoms with Crippen LogP contribution in [0.4, 0.5) is 9.59 Å². The predicted molar refractivity (Wildman–Crippen MR) is 131 cm³/mol. The van der Waals surface area contributed by atoms with Gasteiger partial charge in [0.25, 0.3) is 0 Å². The Bertz CT molecular complexity index is 1100. The number of carbonyl (C=O) groups is 3. The van der Waals surface area contributed by atoms with E-state index >= 15 is 0 Å². The highest BCUT2D eigenvalue weighted by atomic mass is 32.2. The highest BCUT2D eigenvalue weighted by Gasteiger charge is 2.26. The van der Waals surface area contributed by atoms with Crippen LogP contribution < -0.4 is 15.6 Å². The Hall–Kier alpha value is -3.64. The summed E-state index contributed by atoms with van der Waals surface area (Å²) in [6.45, 7) is 4.75. The van der Waals surface area contributed by atoms with Gasteiger partial charge < -0.3 is 19.5 Å². The first kappa shape index (κ1) is 28.6. The van der Waals surface area contributed by atoms with Crippen LogP contribution in [0.15, 0.2) is 60.7 Å². The third-order valence-electron chi connectivity index (χ3n) is 4.40. The number of alkyl carbamates (subject to hydrolysis) is 1. The lowest BCUT2D eigenvalue weighted by Gasteiger charge is -2.20. The van der Waals surface area contributed by atoms with Crippen LogP contribution in [0.25, 0.3) is 0 Å². The molecule has 1 atom stereocenters. The quantitative estimate of drug-likeness (QED) is 0.232. The Balaban J connectivity index is 1.96. The van der Waals surface area contributed by atoms with Crippen LogP contribution in [0.1, 0.15) is 38.3 Å². The third-order valence-corrected chi connectivity index (χ3v) is 5.58. The van der Waals surface area contributed by atoms with Gasteiger partial charge in [0.05, 0.1) is 5.75 Å². The fraction of sp³-hybridized carbons (Fsp3) is 0.375. The third kappa shape index (κ3) is 11.7. The molecule has 0 spiro atoms. The smallest absolute Gasteiger partial charge is 0.422 e. The Morgan fingerprint density at radius 2 is 1.36 bits per heavy atom. The maximum Gasteiger partial charge on any atom is 0.422 e. The molecule has 0 aliphatic rings. The fourth-order valence-corrected chi connectivity index (χ4v) is 3.62. The van der Waals surface area contributed by atoms with Crippen molar-refractivity contribution in [3.63, 3.8) is 0 Å². The van der Waals surface area contributed by atoms with E-state index in [2.05, 4.69) is 5.32 Å². The fourth-order valence-electron chi connectivity index (χ4n) is 2.73. The molecule has 2 amide bonds. The van der Waals surface area contributed by atoms with Crippen molar-refractivity contribution in [2.45, 2.75) is 52.0 Å². The number of sulfonamides is 1. The van der Waals surface area contributed by atoms with Gasteiger partial charge in [0.2, 0.25) is 10.0 Å². The first-order valence-corrected chi connectivity index (χ1v) is 12.7. The highest BCUT2D eigenvalue weighted by Crippen LogP contribution is 2.08. The number of hydrazine groups is 1. The van der Waals surface area contributed by atoms with E-state index < -0.39 is 45.6 Å². The molecule has 0 bridgehead atoms. The molecule has 0 aliphatic heterocycles. The minimum absolute atomic E-state index is 0.0435. The first-order chi connectivity index (χ1) is 16.9. The number of rotatable bonds is 11. The molecular weight excluding hydrogens is 490 g/mol. The lowest BCUT2D eigenvalue weighted by atomic mass is 10.2. The number of carbonyl (C=O) groups excluding carboxylic acids is 3. The number of amides is 2. The molecule has 2 rings (SSSR count). The van der Waals surface area contributed by atoms with Crippen LogP contribution >= 0.6 is 0 Å². The van der Waals surface area contributed by atoms with Gasteiger partial charge in [-0.05, 0) is 38.3 Å². The van der Waals surface area contributed by atoms with Crippen LogP contribution in [0.3, 0.4) is 0 Å². The van der Waals surface area contributed by atoms with Crippen LogP contribution in [0.2, 0.25) is 0 Å². The van der Waals surface area contributed by atoms with Gasteiger partial charge in [0.15, 0.2) is 0 Å². The summed E-state index contributed by atoms with van der Waals surface area (Å²) < 4.78 is 40.0. The lowest BCUT2D eigenvalue weighted by Crippen LogP contribution is -2.47. The highest BCUT2D eigenvalue weighted by molar-refractivity contribution is 7.89. The monoisotopic (exact) mass is 521 g/mol. The average Bonchev–Trinajstić information content (AvgIpc) is 2.83. The van der Waals surface area contributed by atoms with E-state index in [0.717, 1.165) is 5.56 Å². The summed E-state index contributed by atoms with van der Waals surface area (Å²) in [5.74, 6) is -1.46. The molecular formula is C24H31N3O8S. The zero-order chi connectivity index (χ0) is 26.6. The molecule has 0 heterocycles. The Morgan fingerprint density at radius 3 is 1.89 bits per heavy atom. The van der Waals surface area contributed by atoms with Crippen molar-refractivity contribution in [2.75, 3.05) is 5.75 Å². The molecule has 196 valence electrons. The number of ether oxygens (including phenoxy) is 3. The number of nitrogens with one attached hydrogen (secondary N) is 3. The largest absolute Gasteiger partial charge is 0.459 e. The first-order valence-electron chi connectivity index (χ1n) is 11.1. The number of esters is 1. The number of hydrogen-bond donors (Lipinski definition) is 3. The molecule has 0 aromatic heterocycles. The molecule has 0 aliphatic carbocycles. The van der Waals surface area contributed by atoms with Crippen LogP contribution in [-0.4, -0.2) is 44.0 Å². The summed E-state index contributed by atoms with van der Waals surface area (Å²) in [5, 5.41) is 2.35. The maximum atomic E-state index is 12.7. The molecule has 0 unspecified atom stereocenters. The second-order valence-electron chi connectivity index (χ2n) is 8.69. The normalized spacial score (nSPS) is 12.2. The molecule has 36 heavy (non-hydrogen) atoms. The van der Waals surface area contributed by atoms with Gasteiger partial charge in [0.1, 0.15) is 24.9 Å². The summed E-state index contributed by atoms with van der Waals surface area (Å²) >= 11 is 0. The SMILES string of the molecule is CC(C)(C)OC(=O)NNS(=O)(=O)CC[C@H](NC(=O)OCc1ccccc1)C(=O)OCc1ccccc1. The van der Waals surface area contributed by atoms with Crippen molar-refractivity contribution in [3.05, 3.63) is 71.8 Å². The van der Waals surface area contributed by atoms with Crippen molar-refractivity contribution >= 4 is 28.2 Å². The van der Waals surface area contributed by atoms with Gasteiger partial charge in [-0.1, -0.05) is 60.7 Å². The predicted octanol–water partition coefficient (Wildman–Crippen LogP) is 2.77. The van der Waals surface area contributed by atoms with Gasteiger partial charge in [-0.25, -0.2) is 28.2 Å². The zero-order valence-corrected chi connectivity index (χ0v) is 21.2. The lowest BCUT2D eigenvalue weighted by molar-refractivity contribution is -0.147. The molecule has 0 saturated heterocycles. The second-order valence-corrected chi connectivity index (χ2v) is 10.5. The molecule has 0 fully saturated rings. The van der Waals surface area contributed by atoms with Crippen LogP contribution in [0, 0.1) is 0 Å². The van der Waals surface area contributed by atoms with Gasteiger partial charge >= 0.3 is 18.2 Å². The van der Waals surface area contributed by atoms with E-state index in [0.29, 0.717) is 5.56 Å². The summed E-state index contributed by atoms with van der Waals surface area (Å²) in [5.41, 5.74) is 2.55. The minimum atomic E-state index is -4.08. The number of benzene rings is 2. The molecule has 2 aromatic carbocycles. The van der Waals surface area contributed by atoms with Gasteiger partial charge in [-0.2, -0.15) is 0 Å². The number of hydrogen-bond acceptors (Lipinski definition) is 8. The maximum absolute atomic E-state index is 12.7. The summed E-state index contributed by atoms with van der Waals surface area (Å²) in [6.07, 6.45) is -2.26. The zero-order valence-electron chi connectivity index (χ0n) is 20.4. The Labute approximate surface area is 210 Å². The average molecular weight is 522 g/mol. The van der Waals surface area contributed by atoms with E-state index in [1.54, 1.807) is 69.3 Å². The molecule has 3 N–H and O–H groups in total. The van der Waals surface area contributed by atoms with Crippen molar-refractivity contribution < 1.29 is 37.0 Å². The molecule has 12 heteroatoms. The topological polar surface area (TPSA) is 149 Å². The summed E-state index contributed by atoms with van der Waals surface area (Å²) in [4.78, 5) is 38.5. The van der Waals surface area contributed by atoms with Gasteiger partial charge in [0, 0.05) is 0 Å². The minimum Gasteiger partial charge on any atom is -0.459 e. The molecule has 11 nitrogen and oxygen atoms in total. The summed E-state index contributed by atoms with van der Waals surface area (Å²) in [6, 6.07) is 16.4. The second kappa shape index (κ2) is 13.4. The Morgan fingerprint density at radius 1 is 0.833 bits per heavy atom. The van der Waals surface area contributed by atoms with E-state index in [-0.39, 0.29) is 19.6 Å². The molecule has 0 saturated carbocycles. The van der Waals surface area contributed by atoms with Crippen molar-refractivity contribution in [1.82, 2.24) is 15.6 Å². The van der Waals surface area contributed by atoms with E-state index in [1.165, 1.54) is 0 Å². The molecule has 2 aromatic rings. The standard InChI is InChI=1S/C24H31N3O8S/c1-24(2,3)35-23(30)26-27-36(31,32)15-14-20(21(28)33-16-18-10-6-4-7-11-18)25-22(29)34-17-19-12-8-5-9-13-19/h4-13,20,27H,14-17H2,1-3H3,(H,25,29)(H,26,30)/t20-/m0/s1. The van der Waals surface area contributed by atoms with Gasteiger partial charge in [-0.3, -0.25) is 0 Å². The summed E-state index contributed by atoms with van der Waals surface area (Å²) in [7, 11) is -4.08. The van der Waals surface area contributed by atoms with Crippen molar-refractivity contribution in [1.29, 1.82) is 0 Å². The van der Waals surface area contributed by atoms with Crippen LogP contribution in [0.5, 0.6) is 0 Å². The van der Waals surface area contributed by atoms with E-state index in [4.69, 9.17) is 14.2 Å². The van der Waals surface area contributed by atoms with E-state index in [1.807, 2.05) is 22.4 Å². The molecule has 0 radical (unpaired) electrons. The Kier molecular flexibility index (Phi) is 10.7. The van der Waals surface area contributed by atoms with Crippen molar-refractivity contribution in [2.24, 2.45) is 0 Å². The van der Waals surface area contributed by atoms with Crippen LogP contribution in [-0.2, 0) is 42.2 Å². The van der Waals surface area contributed by atoms with E-state index in [9.17, 15) is 22.8 Å².